The lowest BCUT2D eigenvalue weighted by atomic mass is 9.91. The summed E-state index contributed by atoms with van der Waals surface area (Å²) in [4.78, 5) is 10.9. The first-order chi connectivity index (χ1) is 12.1. The monoisotopic (exact) mass is 352 g/mol. The summed E-state index contributed by atoms with van der Waals surface area (Å²) in [5.41, 5.74) is 0.212. The van der Waals surface area contributed by atoms with Gasteiger partial charge in [-0.05, 0) is 25.2 Å². The number of aliphatic carboxylic acids is 1. The van der Waals surface area contributed by atoms with Crippen LogP contribution in [0.25, 0.3) is 0 Å². The molecule has 1 rings (SSSR count). The highest BCUT2D eigenvalue weighted by molar-refractivity contribution is 5.86. The quantitative estimate of drug-likeness (QED) is 0.270. The Kier molecular flexibility index (Phi) is 12.8. The minimum absolute atomic E-state index is 0.212. The van der Waals surface area contributed by atoms with Gasteiger partial charge in [0.25, 0.3) is 0 Å². The molecule has 3 nitrogen and oxygen atoms in total. The van der Waals surface area contributed by atoms with Crippen molar-refractivity contribution in [2.75, 3.05) is 6.61 Å². The van der Waals surface area contributed by atoms with Crippen LogP contribution in [0.1, 0.15) is 103 Å². The van der Waals surface area contributed by atoms with Crippen molar-refractivity contribution < 1.29 is 14.6 Å². The molecule has 1 saturated heterocycles. The van der Waals surface area contributed by atoms with Crippen molar-refractivity contribution in [2.24, 2.45) is 5.92 Å². The third-order valence-electron chi connectivity index (χ3n) is 5.50. The van der Waals surface area contributed by atoms with Crippen LogP contribution in [0, 0.1) is 5.92 Å². The Labute approximate surface area is 155 Å². The summed E-state index contributed by atoms with van der Waals surface area (Å²) < 4.78 is 5.69. The Morgan fingerprint density at radius 1 is 0.920 bits per heavy atom. The lowest BCUT2D eigenvalue weighted by molar-refractivity contribution is -0.135. The zero-order valence-corrected chi connectivity index (χ0v) is 16.4. The number of unbranched alkanes of at least 4 members (excludes halogenated alkanes) is 11. The average molecular weight is 353 g/mol. The van der Waals surface area contributed by atoms with Gasteiger partial charge in [0.15, 0.2) is 0 Å². The van der Waals surface area contributed by atoms with Crippen molar-refractivity contribution in [2.45, 2.75) is 109 Å². The van der Waals surface area contributed by atoms with Crippen LogP contribution in [-0.2, 0) is 9.53 Å². The molecule has 146 valence electrons. The van der Waals surface area contributed by atoms with E-state index in [0.29, 0.717) is 12.5 Å². The number of ether oxygens (including phenoxy) is 1. The smallest absolute Gasteiger partial charge is 0.333 e. The topological polar surface area (TPSA) is 46.5 Å². The third-order valence-corrected chi connectivity index (χ3v) is 5.50. The predicted molar refractivity (Wildman–Crippen MR) is 105 cm³/mol. The molecule has 0 spiro atoms. The second-order valence-electron chi connectivity index (χ2n) is 7.77. The Bertz CT molecular complexity index is 356. The lowest BCUT2D eigenvalue weighted by Crippen LogP contribution is -2.29. The number of carboxylic acid groups (broad SMARTS) is 1. The predicted octanol–water partition coefficient (Wildman–Crippen LogP) is 6.51. The Hall–Kier alpha value is -0.830. The van der Waals surface area contributed by atoms with Gasteiger partial charge in [-0.2, -0.15) is 0 Å². The fraction of sp³-hybridized carbons (Fsp3) is 0.864. The van der Waals surface area contributed by atoms with E-state index >= 15 is 0 Å². The summed E-state index contributed by atoms with van der Waals surface area (Å²) >= 11 is 0. The summed E-state index contributed by atoms with van der Waals surface area (Å²) in [6.45, 7) is 6.59. The first-order valence-corrected chi connectivity index (χ1v) is 10.7. The maximum atomic E-state index is 10.9. The van der Waals surface area contributed by atoms with E-state index < -0.39 is 5.97 Å². The summed E-state index contributed by atoms with van der Waals surface area (Å²) in [6, 6.07) is 0. The second-order valence-corrected chi connectivity index (χ2v) is 7.77. The zero-order chi connectivity index (χ0) is 18.3. The van der Waals surface area contributed by atoms with Crippen molar-refractivity contribution in [1.82, 2.24) is 0 Å². The fourth-order valence-corrected chi connectivity index (χ4v) is 3.72. The Morgan fingerprint density at radius 3 is 1.88 bits per heavy atom. The van der Waals surface area contributed by atoms with Gasteiger partial charge in [0.1, 0.15) is 0 Å². The molecule has 1 fully saturated rings. The molecular formula is C22H40O3. The zero-order valence-electron chi connectivity index (χ0n) is 16.4. The number of hydrogen-bond acceptors (Lipinski definition) is 2. The summed E-state index contributed by atoms with van der Waals surface area (Å²) in [7, 11) is 0. The van der Waals surface area contributed by atoms with Gasteiger partial charge in [-0.25, -0.2) is 4.79 Å². The van der Waals surface area contributed by atoms with Crippen LogP contribution in [0.4, 0.5) is 0 Å². The van der Waals surface area contributed by atoms with Gasteiger partial charge < -0.3 is 9.84 Å². The van der Waals surface area contributed by atoms with Crippen LogP contribution in [0.3, 0.4) is 0 Å². The van der Waals surface area contributed by atoms with Gasteiger partial charge in [0.05, 0.1) is 18.3 Å². The van der Waals surface area contributed by atoms with Crippen LogP contribution >= 0.6 is 0 Å². The van der Waals surface area contributed by atoms with Crippen LogP contribution in [-0.4, -0.2) is 23.8 Å². The van der Waals surface area contributed by atoms with E-state index in [0.717, 1.165) is 12.8 Å². The third kappa shape index (κ3) is 10.7. The average Bonchev–Trinajstić information content (AvgIpc) is 2.62. The number of carboxylic acids is 1. The molecule has 0 bridgehead atoms. The molecule has 0 aliphatic carbocycles. The summed E-state index contributed by atoms with van der Waals surface area (Å²) in [6.07, 6.45) is 19.5. The molecule has 0 aromatic carbocycles. The van der Waals surface area contributed by atoms with Crippen LogP contribution in [0.2, 0.25) is 0 Å². The highest BCUT2D eigenvalue weighted by Crippen LogP contribution is 2.27. The van der Waals surface area contributed by atoms with Crippen LogP contribution in [0.15, 0.2) is 12.2 Å². The first-order valence-electron chi connectivity index (χ1n) is 10.7. The van der Waals surface area contributed by atoms with Crippen molar-refractivity contribution in [3.8, 4) is 0 Å². The maximum Gasteiger partial charge on any atom is 0.333 e. The molecule has 3 heteroatoms. The highest BCUT2D eigenvalue weighted by atomic mass is 16.5. The fourth-order valence-electron chi connectivity index (χ4n) is 3.72. The number of rotatable bonds is 15. The number of carbonyl (C=O) groups is 1. The Morgan fingerprint density at radius 2 is 1.44 bits per heavy atom. The van der Waals surface area contributed by atoms with Crippen molar-refractivity contribution >= 4 is 5.97 Å². The maximum absolute atomic E-state index is 10.9. The van der Waals surface area contributed by atoms with Crippen molar-refractivity contribution in [3.05, 3.63) is 12.2 Å². The molecule has 0 aromatic heterocycles. The minimum Gasteiger partial charge on any atom is -0.478 e. The van der Waals surface area contributed by atoms with E-state index in [1.807, 2.05) is 0 Å². The normalized spacial score (nSPS) is 20.5. The van der Waals surface area contributed by atoms with E-state index in [1.165, 1.54) is 83.5 Å². The lowest BCUT2D eigenvalue weighted by Gasteiger charge is -2.29. The number of hydrogen-bond donors (Lipinski definition) is 1. The molecule has 1 heterocycles. The largest absolute Gasteiger partial charge is 0.478 e. The minimum atomic E-state index is -0.926. The van der Waals surface area contributed by atoms with Crippen LogP contribution < -0.4 is 0 Å². The van der Waals surface area contributed by atoms with Crippen molar-refractivity contribution in [1.29, 1.82) is 0 Å². The van der Waals surface area contributed by atoms with Gasteiger partial charge in [-0.3, -0.25) is 0 Å². The molecule has 25 heavy (non-hydrogen) atoms. The van der Waals surface area contributed by atoms with Gasteiger partial charge in [-0.15, -0.1) is 0 Å². The van der Waals surface area contributed by atoms with Gasteiger partial charge >= 0.3 is 5.97 Å². The summed E-state index contributed by atoms with van der Waals surface area (Å²) in [5.74, 6) is -0.314. The van der Waals surface area contributed by atoms with Crippen LogP contribution in [0.5, 0.6) is 0 Å². The second kappa shape index (κ2) is 14.4. The summed E-state index contributed by atoms with van der Waals surface area (Å²) in [5, 5.41) is 8.95. The Balaban J connectivity index is 1.86. The van der Waals surface area contributed by atoms with E-state index in [9.17, 15) is 4.79 Å². The SMILES string of the molecule is C=C(C(=O)O)[C@@H]1CC[C@@H](CCCCCCCCCCCCCC)CO1. The van der Waals surface area contributed by atoms with Gasteiger partial charge in [-0.1, -0.05) is 90.6 Å². The van der Waals surface area contributed by atoms with E-state index in [-0.39, 0.29) is 11.7 Å². The molecule has 1 N–H and O–H groups in total. The molecule has 0 unspecified atom stereocenters. The molecule has 1 aliphatic rings. The molecule has 0 saturated carbocycles. The highest BCUT2D eigenvalue weighted by Gasteiger charge is 2.26. The molecule has 1 aliphatic heterocycles. The molecule has 2 atom stereocenters. The van der Waals surface area contributed by atoms with E-state index in [2.05, 4.69) is 13.5 Å². The molecule has 0 amide bonds. The molecule has 0 aromatic rings. The first kappa shape index (κ1) is 22.2. The van der Waals surface area contributed by atoms with E-state index in [4.69, 9.17) is 9.84 Å². The molecular weight excluding hydrogens is 312 g/mol. The van der Waals surface area contributed by atoms with Gasteiger partial charge in [0.2, 0.25) is 0 Å². The van der Waals surface area contributed by atoms with Gasteiger partial charge in [0, 0.05) is 0 Å². The standard InChI is InChI=1S/C22H40O3/c1-3-4-5-6-7-8-9-10-11-12-13-14-15-20-16-17-21(25-18-20)19(2)22(23)24/h20-21H,2-18H2,1H3,(H,23,24)/t20-,21+/m1/s1. The van der Waals surface area contributed by atoms with Crippen molar-refractivity contribution in [3.63, 3.8) is 0 Å². The van der Waals surface area contributed by atoms with E-state index in [1.54, 1.807) is 0 Å². The molecule has 0 radical (unpaired) electrons.